The Morgan fingerprint density at radius 3 is 2.29 bits per heavy atom. The molecule has 0 fully saturated rings. The van der Waals surface area contributed by atoms with Gasteiger partial charge < -0.3 is 9.79 Å². The normalized spacial score (nSPS) is 13.5. The largest absolute Gasteiger partial charge is 0.469 e. The second-order valence-corrected chi connectivity index (χ2v) is 8.79. The zero-order valence-electron chi connectivity index (χ0n) is 11.1. The van der Waals surface area contributed by atoms with Crippen LogP contribution in [0.1, 0.15) is 5.56 Å². The third-order valence-electron chi connectivity index (χ3n) is 2.40. The quantitative estimate of drug-likeness (QED) is 0.270. The first-order valence-corrected chi connectivity index (χ1v) is 10.4. The van der Waals surface area contributed by atoms with E-state index in [1.54, 1.807) is 0 Å². The van der Waals surface area contributed by atoms with Crippen LogP contribution in [0, 0.1) is 0 Å². The SMILES string of the molecule is O=P(O)(O)C(=NCCSCCc1ccccc1)[P+](O)(O)O. The molecule has 0 atom stereocenters. The van der Waals surface area contributed by atoms with E-state index in [1.807, 2.05) is 30.3 Å². The van der Waals surface area contributed by atoms with Crippen LogP contribution >= 0.6 is 27.3 Å². The average Bonchev–Trinajstić information content (AvgIpc) is 2.35. The molecule has 1 rings (SSSR count). The Balaban J connectivity index is 2.38. The zero-order chi connectivity index (χ0) is 15.9. The molecule has 1 aromatic carbocycles. The van der Waals surface area contributed by atoms with Crippen LogP contribution in [0.25, 0.3) is 0 Å². The number of hydrogen-bond donors (Lipinski definition) is 5. The standard InChI is InChI=1S/C11H17NO6P2S/c13-19(14,15)11(20(16,17)18)12-7-9-21-8-6-10-4-2-1-3-5-10/h1-5,13-15H,6-9H2,(H-,16,17,18)/p+1. The van der Waals surface area contributed by atoms with Crippen LogP contribution in [0.15, 0.2) is 35.3 Å². The lowest BCUT2D eigenvalue weighted by atomic mass is 10.2. The van der Waals surface area contributed by atoms with Crippen molar-refractivity contribution in [2.24, 2.45) is 4.99 Å². The van der Waals surface area contributed by atoms with Crippen LogP contribution in [0.3, 0.4) is 0 Å². The Kier molecular flexibility index (Phi) is 7.47. The Bertz CT molecular complexity index is 513. The molecule has 0 saturated heterocycles. The molecule has 0 unspecified atom stereocenters. The van der Waals surface area contributed by atoms with Gasteiger partial charge in [0.25, 0.3) is 0 Å². The van der Waals surface area contributed by atoms with Gasteiger partial charge in [-0.2, -0.15) is 26.4 Å². The van der Waals surface area contributed by atoms with E-state index < -0.39 is 20.7 Å². The van der Waals surface area contributed by atoms with E-state index in [-0.39, 0.29) is 6.54 Å². The monoisotopic (exact) mass is 354 g/mol. The zero-order valence-corrected chi connectivity index (χ0v) is 13.7. The molecule has 0 spiro atoms. The van der Waals surface area contributed by atoms with Gasteiger partial charge in [0, 0.05) is 5.75 Å². The predicted octanol–water partition coefficient (Wildman–Crippen LogP) is 1.24. The molecular weight excluding hydrogens is 336 g/mol. The lowest BCUT2D eigenvalue weighted by Gasteiger charge is -2.08. The third-order valence-corrected chi connectivity index (χ3v) is 6.29. The van der Waals surface area contributed by atoms with Crippen molar-refractivity contribution in [1.29, 1.82) is 0 Å². The Hall–Kier alpha value is -0.300. The summed E-state index contributed by atoms with van der Waals surface area (Å²) in [6, 6.07) is 9.84. The number of hydrogen-bond acceptors (Lipinski definition) is 6. The van der Waals surface area contributed by atoms with Gasteiger partial charge in [-0.3, -0.25) is 0 Å². The topological polar surface area (TPSA) is 131 Å². The molecule has 0 aliphatic carbocycles. The Morgan fingerprint density at radius 1 is 1.14 bits per heavy atom. The number of aliphatic imine (C=N–C) groups is 1. The van der Waals surface area contributed by atoms with Crippen molar-refractivity contribution in [1.82, 2.24) is 0 Å². The first kappa shape index (κ1) is 18.7. The van der Waals surface area contributed by atoms with Crippen molar-refractivity contribution in [2.45, 2.75) is 6.42 Å². The highest BCUT2D eigenvalue weighted by Crippen LogP contribution is 2.60. The minimum absolute atomic E-state index is 0.0106. The van der Waals surface area contributed by atoms with Gasteiger partial charge in [-0.15, -0.1) is 0 Å². The van der Waals surface area contributed by atoms with E-state index in [9.17, 15) is 4.57 Å². The molecule has 0 radical (unpaired) electrons. The van der Waals surface area contributed by atoms with E-state index in [4.69, 9.17) is 24.5 Å². The first-order chi connectivity index (χ1) is 9.71. The van der Waals surface area contributed by atoms with Crippen molar-refractivity contribution >= 4 is 32.5 Å². The van der Waals surface area contributed by atoms with Crippen molar-refractivity contribution < 1.29 is 29.0 Å². The lowest BCUT2D eigenvalue weighted by Crippen LogP contribution is -2.07. The molecule has 5 N–H and O–H groups in total. The van der Waals surface area contributed by atoms with Crippen molar-refractivity contribution in [2.75, 3.05) is 18.1 Å². The smallest absolute Gasteiger partial charge is 0.317 e. The fourth-order valence-corrected chi connectivity index (χ4v) is 4.29. The van der Waals surface area contributed by atoms with Crippen molar-refractivity contribution in [3.63, 3.8) is 0 Å². The van der Waals surface area contributed by atoms with Crippen LogP contribution in [0.4, 0.5) is 0 Å². The highest BCUT2D eigenvalue weighted by atomic mass is 32.2. The number of benzene rings is 1. The second kappa shape index (κ2) is 8.36. The maximum absolute atomic E-state index is 11.0. The molecule has 1 aromatic rings. The summed E-state index contributed by atoms with van der Waals surface area (Å²) in [6.45, 7) is -0.0106. The van der Waals surface area contributed by atoms with Gasteiger partial charge in [-0.25, -0.2) is 9.56 Å². The van der Waals surface area contributed by atoms with E-state index in [0.717, 1.165) is 12.2 Å². The summed E-state index contributed by atoms with van der Waals surface area (Å²) < 4.78 is 11.0. The maximum atomic E-state index is 11.0. The number of aryl methyl sites for hydroxylation is 1. The lowest BCUT2D eigenvalue weighted by molar-refractivity contribution is 0.348. The van der Waals surface area contributed by atoms with Crippen molar-refractivity contribution in [3.05, 3.63) is 35.9 Å². The van der Waals surface area contributed by atoms with Crippen LogP contribution in [0.5, 0.6) is 0 Å². The fraction of sp³-hybridized carbons (Fsp3) is 0.364. The fourth-order valence-electron chi connectivity index (χ4n) is 1.51. The van der Waals surface area contributed by atoms with Crippen molar-refractivity contribution in [3.8, 4) is 0 Å². The number of rotatable bonds is 8. The summed E-state index contributed by atoms with van der Waals surface area (Å²) in [4.78, 5) is 48.1. The molecule has 0 heterocycles. The van der Waals surface area contributed by atoms with Gasteiger partial charge in [-0.05, 0) is 17.7 Å². The van der Waals surface area contributed by atoms with Gasteiger partial charge in [0.2, 0.25) is 0 Å². The predicted molar refractivity (Wildman–Crippen MR) is 85.4 cm³/mol. The first-order valence-electron chi connectivity index (χ1n) is 6.01. The molecule has 10 heteroatoms. The molecule has 0 aromatic heterocycles. The van der Waals surface area contributed by atoms with Crippen LogP contribution in [-0.4, -0.2) is 47.7 Å². The van der Waals surface area contributed by atoms with E-state index in [1.165, 1.54) is 17.3 Å². The van der Waals surface area contributed by atoms with Gasteiger partial charge in [-0.1, -0.05) is 30.3 Å². The average molecular weight is 354 g/mol. The Morgan fingerprint density at radius 2 is 1.76 bits per heavy atom. The molecule has 0 amide bonds. The molecule has 0 bridgehead atoms. The summed E-state index contributed by atoms with van der Waals surface area (Å²) in [6.07, 6.45) is 0.859. The number of thioether (sulfide) groups is 1. The minimum Gasteiger partial charge on any atom is -0.317 e. The summed E-state index contributed by atoms with van der Waals surface area (Å²) in [7, 11) is -9.73. The molecule has 7 nitrogen and oxygen atoms in total. The minimum atomic E-state index is -4.96. The van der Waals surface area contributed by atoms with E-state index in [2.05, 4.69) is 4.99 Å². The van der Waals surface area contributed by atoms with Crippen LogP contribution < -0.4 is 0 Å². The highest BCUT2D eigenvalue weighted by Gasteiger charge is 2.51. The van der Waals surface area contributed by atoms with Crippen LogP contribution in [-0.2, 0) is 11.0 Å². The van der Waals surface area contributed by atoms with Crippen LogP contribution in [0.2, 0.25) is 0 Å². The van der Waals surface area contributed by atoms with Gasteiger partial charge >= 0.3 is 20.7 Å². The molecule has 0 aliphatic rings. The van der Waals surface area contributed by atoms with E-state index in [0.29, 0.717) is 5.75 Å². The van der Waals surface area contributed by atoms with E-state index >= 15 is 0 Å². The van der Waals surface area contributed by atoms with Gasteiger partial charge in [0.15, 0.2) is 0 Å². The molecule has 118 valence electrons. The number of nitrogens with zero attached hydrogens (tertiary/aromatic N) is 1. The van der Waals surface area contributed by atoms with Gasteiger partial charge in [0.1, 0.15) is 0 Å². The Labute approximate surface area is 127 Å². The molecule has 0 saturated carbocycles. The van der Waals surface area contributed by atoms with Gasteiger partial charge in [0.05, 0.1) is 6.54 Å². The highest BCUT2D eigenvalue weighted by molar-refractivity contribution is 8.00. The molecular formula is C11H18NO6P2S+. The summed E-state index contributed by atoms with van der Waals surface area (Å²) in [5.41, 5.74) is 1.19. The third kappa shape index (κ3) is 7.49. The summed E-state index contributed by atoms with van der Waals surface area (Å²) >= 11 is 1.52. The second-order valence-electron chi connectivity index (χ2n) is 4.14. The maximum Gasteiger partial charge on any atom is 0.469 e. The summed E-state index contributed by atoms with van der Waals surface area (Å²) in [5, 5.41) is -1.22. The molecule has 21 heavy (non-hydrogen) atoms. The summed E-state index contributed by atoms with van der Waals surface area (Å²) in [5.74, 6) is 1.26. The molecule has 0 aliphatic heterocycles.